The number of aromatic nitrogens is 1. The van der Waals surface area contributed by atoms with Crippen LogP contribution < -0.4 is 5.56 Å². The van der Waals surface area contributed by atoms with Crippen LogP contribution in [0.25, 0.3) is 0 Å². The SMILES string of the molecule is Cc1cccc(Cn2cccc(C(=O)N3CCCN(C(C)C)CC3)c2=O)c1. The molecule has 0 radical (unpaired) electrons. The lowest BCUT2D eigenvalue weighted by Gasteiger charge is -2.24. The van der Waals surface area contributed by atoms with Gasteiger partial charge in [0.25, 0.3) is 11.5 Å². The average Bonchev–Trinajstić information content (AvgIpc) is 2.89. The summed E-state index contributed by atoms with van der Waals surface area (Å²) < 4.78 is 1.63. The molecule has 0 bridgehead atoms. The Morgan fingerprint density at radius 1 is 1.07 bits per heavy atom. The van der Waals surface area contributed by atoms with Crippen LogP contribution in [-0.4, -0.2) is 52.5 Å². The van der Waals surface area contributed by atoms with Crippen LogP contribution in [-0.2, 0) is 6.54 Å². The maximum Gasteiger partial charge on any atom is 0.263 e. The Bertz CT molecular complexity index is 857. The van der Waals surface area contributed by atoms with E-state index in [2.05, 4.69) is 24.8 Å². The first kappa shape index (κ1) is 19.4. The molecule has 5 heteroatoms. The van der Waals surface area contributed by atoms with E-state index >= 15 is 0 Å². The van der Waals surface area contributed by atoms with Crippen LogP contribution in [0.5, 0.6) is 0 Å². The lowest BCUT2D eigenvalue weighted by Crippen LogP contribution is -2.40. The second kappa shape index (κ2) is 8.53. The van der Waals surface area contributed by atoms with E-state index < -0.39 is 0 Å². The highest BCUT2D eigenvalue weighted by Crippen LogP contribution is 2.10. The smallest absolute Gasteiger partial charge is 0.263 e. The van der Waals surface area contributed by atoms with Crippen molar-refractivity contribution < 1.29 is 4.79 Å². The van der Waals surface area contributed by atoms with Crippen molar-refractivity contribution in [2.75, 3.05) is 26.2 Å². The van der Waals surface area contributed by atoms with E-state index in [-0.39, 0.29) is 17.0 Å². The largest absolute Gasteiger partial charge is 0.337 e. The van der Waals surface area contributed by atoms with Crippen LogP contribution in [0.2, 0.25) is 0 Å². The summed E-state index contributed by atoms with van der Waals surface area (Å²) in [5.74, 6) is -0.149. The molecule has 0 unspecified atom stereocenters. The molecule has 1 aromatic heterocycles. The predicted molar refractivity (Wildman–Crippen MR) is 108 cm³/mol. The number of carbonyl (C=O) groups excluding carboxylic acids is 1. The van der Waals surface area contributed by atoms with Gasteiger partial charge < -0.3 is 9.47 Å². The van der Waals surface area contributed by atoms with E-state index in [0.29, 0.717) is 25.7 Å². The summed E-state index contributed by atoms with van der Waals surface area (Å²) in [6.45, 7) is 10.1. The fourth-order valence-electron chi connectivity index (χ4n) is 3.66. The molecule has 1 aliphatic heterocycles. The minimum absolute atomic E-state index is 0.149. The molecule has 2 aromatic rings. The number of benzene rings is 1. The Morgan fingerprint density at radius 2 is 1.89 bits per heavy atom. The van der Waals surface area contributed by atoms with Crippen LogP contribution in [0, 0.1) is 6.92 Å². The second-order valence-electron chi connectivity index (χ2n) is 7.62. The first-order chi connectivity index (χ1) is 13.0. The van der Waals surface area contributed by atoms with Gasteiger partial charge in [0.15, 0.2) is 0 Å². The Hall–Kier alpha value is -2.40. The van der Waals surface area contributed by atoms with Gasteiger partial charge in [-0.15, -0.1) is 0 Å². The monoisotopic (exact) mass is 367 g/mol. The van der Waals surface area contributed by atoms with Crippen LogP contribution in [0.3, 0.4) is 0 Å². The van der Waals surface area contributed by atoms with Gasteiger partial charge in [-0.3, -0.25) is 14.5 Å². The van der Waals surface area contributed by atoms with Gasteiger partial charge in [-0.2, -0.15) is 0 Å². The van der Waals surface area contributed by atoms with Gasteiger partial charge in [0.1, 0.15) is 5.56 Å². The van der Waals surface area contributed by atoms with Gasteiger partial charge in [-0.25, -0.2) is 0 Å². The summed E-state index contributed by atoms with van der Waals surface area (Å²) in [7, 11) is 0. The zero-order valence-electron chi connectivity index (χ0n) is 16.5. The molecule has 0 atom stereocenters. The number of amides is 1. The molecule has 0 N–H and O–H groups in total. The zero-order valence-corrected chi connectivity index (χ0v) is 16.5. The molecule has 27 heavy (non-hydrogen) atoms. The fraction of sp³-hybridized carbons (Fsp3) is 0.455. The number of hydrogen-bond donors (Lipinski definition) is 0. The topological polar surface area (TPSA) is 45.6 Å². The van der Waals surface area contributed by atoms with Crippen molar-refractivity contribution in [3.63, 3.8) is 0 Å². The molecular formula is C22H29N3O2. The highest BCUT2D eigenvalue weighted by molar-refractivity contribution is 5.93. The standard InChI is InChI=1S/C22H29N3O2/c1-17(2)23-11-6-12-24(14-13-23)21(26)20-9-5-10-25(22(20)27)16-19-8-4-7-18(3)15-19/h4-5,7-10,15,17H,6,11-14,16H2,1-3H3. The summed E-state index contributed by atoms with van der Waals surface area (Å²) >= 11 is 0. The molecule has 144 valence electrons. The molecule has 0 spiro atoms. The quantitative estimate of drug-likeness (QED) is 0.835. The molecule has 1 fully saturated rings. The van der Waals surface area contributed by atoms with Crippen LogP contribution in [0.4, 0.5) is 0 Å². The summed E-state index contributed by atoms with van der Waals surface area (Å²) in [4.78, 5) is 30.1. The van der Waals surface area contributed by atoms with Crippen molar-refractivity contribution in [2.45, 2.75) is 39.8 Å². The molecule has 1 aromatic carbocycles. The Morgan fingerprint density at radius 3 is 2.63 bits per heavy atom. The molecule has 2 heterocycles. The number of hydrogen-bond acceptors (Lipinski definition) is 3. The Kier molecular flexibility index (Phi) is 6.11. The van der Waals surface area contributed by atoms with E-state index in [4.69, 9.17) is 0 Å². The molecule has 1 amide bonds. The maximum absolute atomic E-state index is 13.0. The molecule has 3 rings (SSSR count). The van der Waals surface area contributed by atoms with Gasteiger partial charge in [0, 0.05) is 38.4 Å². The van der Waals surface area contributed by atoms with E-state index in [1.165, 1.54) is 0 Å². The lowest BCUT2D eigenvalue weighted by atomic mass is 10.1. The van der Waals surface area contributed by atoms with E-state index in [0.717, 1.165) is 30.6 Å². The first-order valence-electron chi connectivity index (χ1n) is 9.74. The van der Waals surface area contributed by atoms with Gasteiger partial charge in [0.2, 0.25) is 0 Å². The maximum atomic E-state index is 13.0. The predicted octanol–water partition coefficient (Wildman–Crippen LogP) is 2.76. The van der Waals surface area contributed by atoms with Crippen LogP contribution >= 0.6 is 0 Å². The number of aryl methyl sites for hydroxylation is 1. The number of nitrogens with zero attached hydrogens (tertiary/aromatic N) is 3. The Balaban J connectivity index is 1.78. The van der Waals surface area contributed by atoms with Crippen molar-refractivity contribution in [1.29, 1.82) is 0 Å². The fourth-order valence-corrected chi connectivity index (χ4v) is 3.66. The summed E-state index contributed by atoms with van der Waals surface area (Å²) in [5, 5.41) is 0. The highest BCUT2D eigenvalue weighted by Gasteiger charge is 2.23. The molecule has 0 saturated carbocycles. The van der Waals surface area contributed by atoms with Crippen LogP contribution in [0.15, 0.2) is 47.4 Å². The molecule has 0 aliphatic carbocycles. The summed E-state index contributed by atoms with van der Waals surface area (Å²) in [6, 6.07) is 12.0. The van der Waals surface area contributed by atoms with Crippen molar-refractivity contribution in [3.05, 3.63) is 69.6 Å². The third-order valence-electron chi connectivity index (χ3n) is 5.23. The van der Waals surface area contributed by atoms with Crippen molar-refractivity contribution in [2.24, 2.45) is 0 Å². The molecular weight excluding hydrogens is 338 g/mol. The van der Waals surface area contributed by atoms with Gasteiger partial charge in [-0.1, -0.05) is 29.8 Å². The minimum Gasteiger partial charge on any atom is -0.337 e. The van der Waals surface area contributed by atoms with Gasteiger partial charge in [-0.05, 0) is 44.9 Å². The lowest BCUT2D eigenvalue weighted by molar-refractivity contribution is 0.0757. The van der Waals surface area contributed by atoms with Crippen molar-refractivity contribution >= 4 is 5.91 Å². The van der Waals surface area contributed by atoms with E-state index in [9.17, 15) is 9.59 Å². The molecule has 1 saturated heterocycles. The average molecular weight is 367 g/mol. The van der Waals surface area contributed by atoms with E-state index in [1.54, 1.807) is 22.9 Å². The number of pyridine rings is 1. The zero-order chi connectivity index (χ0) is 19.4. The van der Waals surface area contributed by atoms with Gasteiger partial charge >= 0.3 is 0 Å². The third-order valence-corrected chi connectivity index (χ3v) is 5.23. The third kappa shape index (κ3) is 4.66. The van der Waals surface area contributed by atoms with E-state index in [1.807, 2.05) is 30.0 Å². The van der Waals surface area contributed by atoms with Crippen LogP contribution in [0.1, 0.15) is 41.8 Å². The van der Waals surface area contributed by atoms with Crippen molar-refractivity contribution in [3.8, 4) is 0 Å². The second-order valence-corrected chi connectivity index (χ2v) is 7.62. The van der Waals surface area contributed by atoms with Crippen molar-refractivity contribution in [1.82, 2.24) is 14.4 Å². The Labute approximate surface area is 161 Å². The number of carbonyl (C=O) groups is 1. The normalized spacial score (nSPS) is 15.8. The first-order valence-corrected chi connectivity index (χ1v) is 9.74. The summed E-state index contributed by atoms with van der Waals surface area (Å²) in [5.41, 5.74) is 2.27. The minimum atomic E-state index is -0.214. The van der Waals surface area contributed by atoms with Gasteiger partial charge in [0.05, 0.1) is 6.54 Å². The number of rotatable bonds is 4. The highest BCUT2D eigenvalue weighted by atomic mass is 16.2. The molecule has 1 aliphatic rings. The summed E-state index contributed by atoms with van der Waals surface area (Å²) in [6.07, 6.45) is 2.69. The molecule has 5 nitrogen and oxygen atoms in total.